The lowest BCUT2D eigenvalue weighted by atomic mass is 10.1. The molecule has 2 aromatic rings. The summed E-state index contributed by atoms with van der Waals surface area (Å²) in [5.41, 5.74) is 2.62. The van der Waals surface area contributed by atoms with Gasteiger partial charge in [-0.15, -0.1) is 0 Å². The number of rotatable bonds is 4. The summed E-state index contributed by atoms with van der Waals surface area (Å²) in [5, 5.41) is 0. The first-order valence-electron chi connectivity index (χ1n) is 7.47. The molecule has 0 unspecified atom stereocenters. The highest BCUT2D eigenvalue weighted by molar-refractivity contribution is 9.10. The summed E-state index contributed by atoms with van der Waals surface area (Å²) < 4.78 is 6.45. The van der Waals surface area contributed by atoms with Gasteiger partial charge in [-0.2, -0.15) is 0 Å². The maximum Gasteiger partial charge on any atom is 0.128 e. The Morgan fingerprint density at radius 2 is 1.95 bits per heavy atom. The third-order valence-electron chi connectivity index (χ3n) is 3.85. The van der Waals surface area contributed by atoms with Crippen LogP contribution in [0.5, 0.6) is 0 Å². The van der Waals surface area contributed by atoms with Crippen LogP contribution in [0.4, 0.5) is 11.5 Å². The minimum Gasteiger partial charge on any atom is -0.378 e. The molecule has 1 aliphatic rings. The molecule has 0 saturated carbocycles. The summed E-state index contributed by atoms with van der Waals surface area (Å²) in [6.07, 6.45) is 1.83. The van der Waals surface area contributed by atoms with Gasteiger partial charge in [0, 0.05) is 43.0 Å². The summed E-state index contributed by atoms with van der Waals surface area (Å²) in [5.74, 6) is 0.972. The summed E-state index contributed by atoms with van der Waals surface area (Å²) in [6.45, 7) is 4.35. The van der Waals surface area contributed by atoms with Gasteiger partial charge in [0.1, 0.15) is 5.82 Å². The molecule has 0 amide bonds. The number of benzene rings is 1. The molecule has 22 heavy (non-hydrogen) atoms. The first-order valence-corrected chi connectivity index (χ1v) is 8.26. The molecule has 0 aliphatic carbocycles. The Labute approximate surface area is 139 Å². The third-order valence-corrected chi connectivity index (χ3v) is 4.32. The van der Waals surface area contributed by atoms with Gasteiger partial charge in [0.25, 0.3) is 0 Å². The van der Waals surface area contributed by atoms with Crippen LogP contribution in [0.25, 0.3) is 0 Å². The molecule has 1 aliphatic heterocycles. The molecule has 116 valence electrons. The molecular formula is C17H20BrN3O. The number of hydrogen-bond acceptors (Lipinski definition) is 4. The lowest BCUT2D eigenvalue weighted by molar-refractivity contribution is 0.122. The summed E-state index contributed by atoms with van der Waals surface area (Å²) in [7, 11) is 2.08. The van der Waals surface area contributed by atoms with E-state index >= 15 is 0 Å². The number of anilines is 2. The van der Waals surface area contributed by atoms with Gasteiger partial charge in [-0.1, -0.05) is 18.2 Å². The van der Waals surface area contributed by atoms with Crippen LogP contribution in [0.2, 0.25) is 0 Å². The molecule has 2 heterocycles. The molecule has 0 atom stereocenters. The van der Waals surface area contributed by atoms with Gasteiger partial charge in [-0.25, -0.2) is 4.98 Å². The SMILES string of the molecule is CN(Cc1ccccc1N1CCOCC1)c1ccc(Br)cn1. The highest BCUT2D eigenvalue weighted by Crippen LogP contribution is 2.24. The Balaban J connectivity index is 1.78. The van der Waals surface area contributed by atoms with Crippen molar-refractivity contribution in [3.8, 4) is 0 Å². The smallest absolute Gasteiger partial charge is 0.128 e. The number of pyridine rings is 1. The number of nitrogens with zero attached hydrogens (tertiary/aromatic N) is 3. The minimum absolute atomic E-state index is 0.804. The average Bonchev–Trinajstić information content (AvgIpc) is 2.57. The minimum atomic E-state index is 0.804. The van der Waals surface area contributed by atoms with Crippen LogP contribution >= 0.6 is 15.9 Å². The van der Waals surface area contributed by atoms with Crippen LogP contribution < -0.4 is 9.80 Å². The second-order valence-electron chi connectivity index (χ2n) is 5.42. The van der Waals surface area contributed by atoms with Crippen LogP contribution in [0, 0.1) is 0 Å². The van der Waals surface area contributed by atoms with Gasteiger partial charge in [0.2, 0.25) is 0 Å². The van der Waals surface area contributed by atoms with Crippen molar-refractivity contribution < 1.29 is 4.74 Å². The van der Waals surface area contributed by atoms with Crippen LogP contribution in [0.3, 0.4) is 0 Å². The monoisotopic (exact) mass is 361 g/mol. The quantitative estimate of drug-likeness (QED) is 0.834. The highest BCUT2D eigenvalue weighted by atomic mass is 79.9. The van der Waals surface area contributed by atoms with Crippen molar-refractivity contribution in [3.05, 3.63) is 52.6 Å². The Kier molecular flexibility index (Phi) is 4.95. The van der Waals surface area contributed by atoms with Crippen LogP contribution in [0.15, 0.2) is 47.1 Å². The third kappa shape index (κ3) is 3.59. The molecule has 1 saturated heterocycles. The summed E-state index contributed by atoms with van der Waals surface area (Å²) in [6, 6.07) is 12.6. The first kappa shape index (κ1) is 15.3. The maximum absolute atomic E-state index is 5.46. The van der Waals surface area contributed by atoms with E-state index in [0.717, 1.165) is 43.1 Å². The van der Waals surface area contributed by atoms with E-state index in [1.807, 2.05) is 18.3 Å². The fourth-order valence-electron chi connectivity index (χ4n) is 2.69. The fraction of sp³-hybridized carbons (Fsp3) is 0.353. The zero-order valence-electron chi connectivity index (χ0n) is 12.7. The van der Waals surface area contributed by atoms with Gasteiger partial charge < -0.3 is 14.5 Å². The van der Waals surface area contributed by atoms with E-state index in [2.05, 4.69) is 62.0 Å². The molecule has 0 radical (unpaired) electrons. The zero-order chi connectivity index (χ0) is 15.4. The molecule has 4 nitrogen and oxygen atoms in total. The first-order chi connectivity index (χ1) is 10.7. The van der Waals surface area contributed by atoms with E-state index in [1.54, 1.807) is 0 Å². The Hall–Kier alpha value is -1.59. The number of para-hydroxylation sites is 1. The Bertz CT molecular complexity index is 612. The Morgan fingerprint density at radius 3 is 2.68 bits per heavy atom. The van der Waals surface area contributed by atoms with E-state index < -0.39 is 0 Å². The molecule has 5 heteroatoms. The van der Waals surface area contributed by atoms with E-state index in [4.69, 9.17) is 4.74 Å². The molecule has 1 aromatic heterocycles. The molecule has 1 fully saturated rings. The predicted molar refractivity (Wildman–Crippen MR) is 93.5 cm³/mol. The van der Waals surface area contributed by atoms with Gasteiger partial charge in [-0.3, -0.25) is 0 Å². The van der Waals surface area contributed by atoms with Crippen LogP contribution in [0.1, 0.15) is 5.56 Å². The van der Waals surface area contributed by atoms with E-state index in [-0.39, 0.29) is 0 Å². The highest BCUT2D eigenvalue weighted by Gasteiger charge is 2.15. The van der Waals surface area contributed by atoms with Crippen molar-refractivity contribution in [2.75, 3.05) is 43.2 Å². The average molecular weight is 362 g/mol. The Morgan fingerprint density at radius 1 is 1.18 bits per heavy atom. The largest absolute Gasteiger partial charge is 0.378 e. The van der Waals surface area contributed by atoms with Crippen molar-refractivity contribution in [2.45, 2.75) is 6.54 Å². The van der Waals surface area contributed by atoms with Crippen molar-refractivity contribution >= 4 is 27.4 Å². The van der Waals surface area contributed by atoms with E-state index in [9.17, 15) is 0 Å². The number of aromatic nitrogens is 1. The molecule has 0 bridgehead atoms. The molecular weight excluding hydrogens is 342 g/mol. The second kappa shape index (κ2) is 7.11. The van der Waals surface area contributed by atoms with Gasteiger partial charge >= 0.3 is 0 Å². The maximum atomic E-state index is 5.46. The molecule has 0 N–H and O–H groups in total. The van der Waals surface area contributed by atoms with Gasteiger partial charge in [0.05, 0.1) is 13.2 Å². The molecule has 3 rings (SSSR count). The molecule has 0 spiro atoms. The number of halogens is 1. The van der Waals surface area contributed by atoms with Crippen molar-refractivity contribution in [3.63, 3.8) is 0 Å². The predicted octanol–water partition coefficient (Wildman–Crippen LogP) is 3.32. The van der Waals surface area contributed by atoms with E-state index in [0.29, 0.717) is 0 Å². The van der Waals surface area contributed by atoms with E-state index in [1.165, 1.54) is 11.3 Å². The number of morpholine rings is 1. The van der Waals surface area contributed by atoms with Crippen molar-refractivity contribution in [2.24, 2.45) is 0 Å². The topological polar surface area (TPSA) is 28.6 Å². The zero-order valence-corrected chi connectivity index (χ0v) is 14.3. The standard InChI is InChI=1S/C17H20BrN3O/c1-20(17-7-6-15(18)12-19-17)13-14-4-2-3-5-16(14)21-8-10-22-11-9-21/h2-7,12H,8-11,13H2,1H3. The van der Waals surface area contributed by atoms with Crippen molar-refractivity contribution in [1.29, 1.82) is 0 Å². The summed E-state index contributed by atoms with van der Waals surface area (Å²) >= 11 is 3.43. The van der Waals surface area contributed by atoms with Gasteiger partial charge in [0.15, 0.2) is 0 Å². The van der Waals surface area contributed by atoms with Crippen LogP contribution in [-0.4, -0.2) is 38.3 Å². The number of ether oxygens (including phenoxy) is 1. The lowest BCUT2D eigenvalue weighted by Gasteiger charge is -2.31. The molecule has 1 aromatic carbocycles. The van der Waals surface area contributed by atoms with Crippen LogP contribution in [-0.2, 0) is 11.3 Å². The lowest BCUT2D eigenvalue weighted by Crippen LogP contribution is -2.37. The van der Waals surface area contributed by atoms with Gasteiger partial charge in [-0.05, 0) is 39.7 Å². The fourth-order valence-corrected chi connectivity index (χ4v) is 2.92. The number of hydrogen-bond donors (Lipinski definition) is 0. The second-order valence-corrected chi connectivity index (χ2v) is 6.33. The normalized spacial score (nSPS) is 14.9. The van der Waals surface area contributed by atoms with Crippen molar-refractivity contribution in [1.82, 2.24) is 4.98 Å². The summed E-state index contributed by atoms with van der Waals surface area (Å²) in [4.78, 5) is 9.04.